The van der Waals surface area contributed by atoms with Gasteiger partial charge in [-0.3, -0.25) is 28.9 Å². The molecule has 3 aromatic heterocycles. The van der Waals surface area contributed by atoms with Gasteiger partial charge in [0.05, 0.1) is 30.6 Å². The number of H-pyrrole nitrogens is 1. The highest BCUT2D eigenvalue weighted by Gasteiger charge is 2.39. The molecule has 14 nitrogen and oxygen atoms in total. The highest BCUT2D eigenvalue weighted by atomic mass is 31.2. The summed E-state index contributed by atoms with van der Waals surface area (Å²) in [5.74, 6) is 0.0549. The van der Waals surface area contributed by atoms with E-state index >= 15 is 0 Å². The molecule has 0 bridgehead atoms. The first kappa shape index (κ1) is 24.2. The van der Waals surface area contributed by atoms with Gasteiger partial charge in [-0.05, 0) is 30.7 Å². The Morgan fingerprint density at radius 2 is 2.20 bits per heavy atom. The minimum Gasteiger partial charge on any atom is -0.391 e. The molecule has 0 radical (unpaired) electrons. The van der Waals surface area contributed by atoms with Crippen molar-refractivity contribution >= 4 is 13.4 Å². The highest BCUT2D eigenvalue weighted by Crippen LogP contribution is 2.48. The summed E-state index contributed by atoms with van der Waals surface area (Å²) in [6.45, 7) is 1.24. The van der Waals surface area contributed by atoms with Crippen LogP contribution in [-0.4, -0.2) is 38.3 Å². The molecule has 0 aliphatic carbocycles. The van der Waals surface area contributed by atoms with E-state index in [-0.39, 0.29) is 18.9 Å². The zero-order valence-electron chi connectivity index (χ0n) is 18.4. The maximum absolute atomic E-state index is 13.6. The number of pyridine rings is 2. The molecule has 3 aromatic rings. The van der Waals surface area contributed by atoms with Crippen LogP contribution in [0.15, 0.2) is 69.8 Å². The van der Waals surface area contributed by atoms with Gasteiger partial charge in [0.25, 0.3) is 5.56 Å². The van der Waals surface area contributed by atoms with Gasteiger partial charge in [0.15, 0.2) is 0 Å². The summed E-state index contributed by atoms with van der Waals surface area (Å²) in [4.78, 5) is 37.0. The molecule has 0 amide bonds. The Kier molecular flexibility index (Phi) is 7.28. The van der Waals surface area contributed by atoms with E-state index < -0.39 is 37.4 Å². The first-order chi connectivity index (χ1) is 16.9. The van der Waals surface area contributed by atoms with Crippen molar-refractivity contribution < 1.29 is 18.3 Å². The number of nitrogens with one attached hydrogen (secondary N) is 2. The van der Waals surface area contributed by atoms with Gasteiger partial charge >= 0.3 is 13.4 Å². The summed E-state index contributed by atoms with van der Waals surface area (Å²) in [6.07, 6.45) is 4.24. The van der Waals surface area contributed by atoms with E-state index in [1.165, 1.54) is 29.2 Å². The Morgan fingerprint density at radius 1 is 1.34 bits per heavy atom. The Morgan fingerprint density at radius 3 is 2.91 bits per heavy atom. The second-order valence-electron chi connectivity index (χ2n) is 7.52. The molecule has 1 fully saturated rings. The largest absolute Gasteiger partial charge is 0.487 e. The van der Waals surface area contributed by atoms with Crippen LogP contribution in [0.1, 0.15) is 18.2 Å². The maximum atomic E-state index is 13.6. The van der Waals surface area contributed by atoms with Crippen LogP contribution in [0.2, 0.25) is 0 Å². The number of aryl methyl sites for hydroxylation is 1. The maximum Gasteiger partial charge on any atom is 0.487 e. The molecule has 1 aliphatic rings. The van der Waals surface area contributed by atoms with Crippen LogP contribution in [0.25, 0.3) is 10.4 Å². The van der Waals surface area contributed by atoms with E-state index in [0.29, 0.717) is 11.3 Å². The number of anilines is 1. The van der Waals surface area contributed by atoms with Crippen LogP contribution < -0.4 is 20.9 Å². The van der Waals surface area contributed by atoms with Crippen LogP contribution in [0.3, 0.4) is 0 Å². The highest BCUT2D eigenvalue weighted by molar-refractivity contribution is 7.55. The van der Waals surface area contributed by atoms with Gasteiger partial charge in [-0.25, -0.2) is 14.3 Å². The molecule has 2 unspecified atom stereocenters. The third-order valence-electron chi connectivity index (χ3n) is 5.05. The predicted molar refractivity (Wildman–Crippen MR) is 124 cm³/mol. The third-order valence-corrected chi connectivity index (χ3v) is 6.50. The molecule has 35 heavy (non-hydrogen) atoms. The van der Waals surface area contributed by atoms with Gasteiger partial charge in [-0.15, -0.1) is 0 Å². The van der Waals surface area contributed by atoms with Crippen LogP contribution in [0.4, 0.5) is 5.69 Å². The molecule has 1 aliphatic heterocycles. The predicted octanol–water partition coefficient (Wildman–Crippen LogP) is 2.92. The molecule has 4 rings (SSSR count). The van der Waals surface area contributed by atoms with E-state index in [1.807, 2.05) is 0 Å². The zero-order chi connectivity index (χ0) is 24.8. The lowest BCUT2D eigenvalue weighted by atomic mass is 10.1. The first-order valence-electron chi connectivity index (χ1n) is 10.4. The number of hydrogen-bond acceptors (Lipinski definition) is 9. The minimum atomic E-state index is -4.06. The first-order valence-corrected chi connectivity index (χ1v) is 12.0. The van der Waals surface area contributed by atoms with Crippen molar-refractivity contribution in [3.8, 4) is 5.88 Å². The Balaban J connectivity index is 1.55. The average Bonchev–Trinajstić information content (AvgIpc) is 3.24. The lowest BCUT2D eigenvalue weighted by Crippen LogP contribution is -2.33. The molecule has 4 heterocycles. The van der Waals surface area contributed by atoms with E-state index in [2.05, 4.69) is 30.1 Å². The van der Waals surface area contributed by atoms with Gasteiger partial charge in [0.1, 0.15) is 6.23 Å². The average molecular weight is 500 g/mol. The second-order valence-corrected chi connectivity index (χ2v) is 9.18. The van der Waals surface area contributed by atoms with Crippen molar-refractivity contribution in [2.45, 2.75) is 31.7 Å². The molecule has 0 saturated carbocycles. The molecular weight excluding hydrogens is 479 g/mol. The summed E-state index contributed by atoms with van der Waals surface area (Å²) in [7, 11) is -4.06. The number of ether oxygens (including phenoxy) is 1. The van der Waals surface area contributed by atoms with Crippen LogP contribution in [0.5, 0.6) is 5.88 Å². The van der Waals surface area contributed by atoms with Gasteiger partial charge in [-0.1, -0.05) is 11.2 Å². The lowest BCUT2D eigenvalue weighted by Gasteiger charge is -2.22. The topological polar surface area (TPSA) is 186 Å². The Labute approximate surface area is 198 Å². The number of aromatic nitrogens is 4. The third kappa shape index (κ3) is 5.94. The zero-order valence-corrected chi connectivity index (χ0v) is 19.3. The number of hydrogen-bond donors (Lipinski definition) is 2. The molecule has 0 spiro atoms. The fourth-order valence-electron chi connectivity index (χ4n) is 3.39. The molecular formula is C20H21N8O6P. The molecule has 2 N–H and O–H groups in total. The van der Waals surface area contributed by atoms with Crippen molar-refractivity contribution in [1.29, 1.82) is 0 Å². The van der Waals surface area contributed by atoms with Crippen LogP contribution in [0, 0.1) is 6.92 Å². The van der Waals surface area contributed by atoms with Gasteiger partial charge in [-0.2, -0.15) is 0 Å². The second kappa shape index (κ2) is 10.5. The molecule has 0 aromatic carbocycles. The van der Waals surface area contributed by atoms with E-state index in [9.17, 15) is 14.2 Å². The van der Waals surface area contributed by atoms with E-state index in [4.69, 9.17) is 19.3 Å². The van der Waals surface area contributed by atoms with Crippen molar-refractivity contribution in [3.05, 3.63) is 92.0 Å². The van der Waals surface area contributed by atoms with E-state index in [1.54, 1.807) is 37.4 Å². The standard InChI is InChI=1S/C20H21N8O6P/c1-13-11-28(20(30)24-19(13)29)18-9-15(25-27-21)16(33-18)12-32-35(31,26-14-5-4-7-22-10-14)34-17-6-2-3-8-23-17/h2-8,10-11,15-16,18H,9,12H2,1H3,(H,26,31)(H,24,29,30)/t15?,16-,18-,35?/m1/s1. The number of aromatic amines is 1. The summed E-state index contributed by atoms with van der Waals surface area (Å²) < 4.78 is 31.9. The van der Waals surface area contributed by atoms with Gasteiger partial charge in [0, 0.05) is 41.6 Å². The van der Waals surface area contributed by atoms with Crippen molar-refractivity contribution in [1.82, 2.24) is 19.5 Å². The Bertz CT molecular complexity index is 1330. The summed E-state index contributed by atoms with van der Waals surface area (Å²) in [5, 5.41) is 6.43. The van der Waals surface area contributed by atoms with Crippen molar-refractivity contribution in [2.24, 2.45) is 5.11 Å². The van der Waals surface area contributed by atoms with Crippen molar-refractivity contribution in [2.75, 3.05) is 11.7 Å². The fraction of sp³-hybridized carbons (Fsp3) is 0.300. The van der Waals surface area contributed by atoms with Crippen molar-refractivity contribution in [3.63, 3.8) is 0 Å². The fourth-order valence-corrected chi connectivity index (χ4v) is 4.70. The van der Waals surface area contributed by atoms with Gasteiger partial charge < -0.3 is 9.26 Å². The number of nitrogens with zero attached hydrogens (tertiary/aromatic N) is 6. The van der Waals surface area contributed by atoms with E-state index in [0.717, 1.165) is 0 Å². The summed E-state index contributed by atoms with van der Waals surface area (Å²) in [5.41, 5.74) is 8.49. The quantitative estimate of drug-likeness (QED) is 0.193. The number of rotatable bonds is 9. The molecule has 4 atom stereocenters. The minimum absolute atomic E-state index is 0.0549. The smallest absolute Gasteiger partial charge is 0.391 e. The molecule has 15 heteroatoms. The molecule has 182 valence electrons. The van der Waals surface area contributed by atoms with Crippen LogP contribution in [-0.2, 0) is 13.8 Å². The normalized spacial score (nSPS) is 21.0. The van der Waals surface area contributed by atoms with Crippen LogP contribution >= 0.6 is 7.75 Å². The Hall–Kier alpha value is -3.96. The molecule has 1 saturated heterocycles. The summed E-state index contributed by atoms with van der Waals surface area (Å²) in [6, 6.07) is 7.36. The van der Waals surface area contributed by atoms with Gasteiger partial charge in [0.2, 0.25) is 5.88 Å². The SMILES string of the molecule is Cc1cn([C@H]2CC(N=[N+]=[N-])[C@@H](COP(=O)(Nc3cccnc3)Oc3ccccn3)O2)c(=O)[nH]c1=O. The lowest BCUT2D eigenvalue weighted by molar-refractivity contribution is -0.0235. The monoisotopic (exact) mass is 500 g/mol. The number of azide groups is 1. The summed E-state index contributed by atoms with van der Waals surface area (Å²) >= 11 is 0.